The van der Waals surface area contributed by atoms with E-state index >= 15 is 0 Å². The lowest BCUT2D eigenvalue weighted by Crippen LogP contribution is -2.26. The molecule has 0 heterocycles. The van der Waals surface area contributed by atoms with Crippen molar-refractivity contribution in [1.29, 1.82) is 0 Å². The maximum Gasteiger partial charge on any atom is 0.251 e. The molecule has 0 bridgehead atoms. The highest BCUT2D eigenvalue weighted by molar-refractivity contribution is 7.89. The summed E-state index contributed by atoms with van der Waals surface area (Å²) in [6, 6.07) is 10.2. The van der Waals surface area contributed by atoms with E-state index in [0.717, 1.165) is 21.2 Å². The molecule has 2 aromatic carbocycles. The van der Waals surface area contributed by atoms with Gasteiger partial charge < -0.3 is 10.1 Å². The van der Waals surface area contributed by atoms with Crippen LogP contribution in [0.4, 0.5) is 0 Å². The number of carbonyl (C=O) groups excluding carboxylic acids is 1. The number of nitrogens with zero attached hydrogens (tertiary/aromatic N) is 1. The Morgan fingerprint density at radius 3 is 2.50 bits per heavy atom. The van der Waals surface area contributed by atoms with E-state index in [9.17, 15) is 13.2 Å². The van der Waals surface area contributed by atoms with Crippen LogP contribution in [-0.4, -0.2) is 45.9 Å². The van der Waals surface area contributed by atoms with Crippen molar-refractivity contribution in [2.45, 2.75) is 32.1 Å². The summed E-state index contributed by atoms with van der Waals surface area (Å²) in [6.07, 6.45) is 0.647. The number of hydrogen-bond donors (Lipinski definition) is 1. The predicted octanol–water partition coefficient (Wildman–Crippen LogP) is 3.06. The minimum absolute atomic E-state index is 0.0961. The molecule has 0 fully saturated rings. The number of hydrogen-bond acceptors (Lipinski definition) is 4. The second kappa shape index (κ2) is 9.21. The summed E-state index contributed by atoms with van der Waals surface area (Å²) >= 11 is 0. The van der Waals surface area contributed by atoms with E-state index in [-0.39, 0.29) is 10.8 Å². The molecule has 0 aliphatic carbocycles. The maximum absolute atomic E-state index is 12.3. The Labute approximate surface area is 167 Å². The summed E-state index contributed by atoms with van der Waals surface area (Å²) in [4.78, 5) is 12.4. The van der Waals surface area contributed by atoms with Crippen LogP contribution in [0, 0.1) is 20.8 Å². The van der Waals surface area contributed by atoms with Crippen molar-refractivity contribution >= 4 is 15.9 Å². The Kier molecular flexibility index (Phi) is 7.21. The molecule has 7 heteroatoms. The summed E-state index contributed by atoms with van der Waals surface area (Å²) in [5, 5.41) is 2.80. The number of aryl methyl sites for hydroxylation is 2. The van der Waals surface area contributed by atoms with Crippen molar-refractivity contribution in [3.63, 3.8) is 0 Å². The molecule has 152 valence electrons. The summed E-state index contributed by atoms with van der Waals surface area (Å²) < 4.78 is 31.3. The van der Waals surface area contributed by atoms with Gasteiger partial charge in [-0.1, -0.05) is 12.1 Å². The SMILES string of the molecule is Cc1cc(C)c(C)c(OCCCNC(=O)c2cccc(S(=O)(=O)N(C)C)c2)c1. The fraction of sp³-hybridized carbons (Fsp3) is 0.381. The van der Waals surface area contributed by atoms with E-state index in [1.807, 2.05) is 19.9 Å². The van der Waals surface area contributed by atoms with Crippen LogP contribution in [0.3, 0.4) is 0 Å². The molecule has 6 nitrogen and oxygen atoms in total. The van der Waals surface area contributed by atoms with Gasteiger partial charge in [-0.2, -0.15) is 0 Å². The molecule has 0 saturated carbocycles. The third-order valence-electron chi connectivity index (χ3n) is 4.50. The fourth-order valence-corrected chi connectivity index (χ4v) is 3.67. The average Bonchev–Trinajstić information content (AvgIpc) is 2.64. The van der Waals surface area contributed by atoms with Crippen molar-refractivity contribution < 1.29 is 17.9 Å². The van der Waals surface area contributed by atoms with Crippen LogP contribution in [-0.2, 0) is 10.0 Å². The summed E-state index contributed by atoms with van der Waals surface area (Å²) in [6.45, 7) is 7.04. The molecule has 1 amide bonds. The van der Waals surface area contributed by atoms with E-state index in [4.69, 9.17) is 4.74 Å². The molecular formula is C21H28N2O4S. The van der Waals surface area contributed by atoms with Crippen LogP contribution >= 0.6 is 0 Å². The van der Waals surface area contributed by atoms with E-state index in [0.29, 0.717) is 25.1 Å². The topological polar surface area (TPSA) is 75.7 Å². The monoisotopic (exact) mass is 404 g/mol. The van der Waals surface area contributed by atoms with Gasteiger partial charge in [0.25, 0.3) is 5.91 Å². The van der Waals surface area contributed by atoms with Gasteiger partial charge in [-0.15, -0.1) is 0 Å². The van der Waals surface area contributed by atoms with Crippen molar-refractivity contribution in [1.82, 2.24) is 9.62 Å². The van der Waals surface area contributed by atoms with E-state index in [1.165, 1.54) is 31.8 Å². The highest BCUT2D eigenvalue weighted by atomic mass is 32.2. The van der Waals surface area contributed by atoms with Gasteiger partial charge in [0.2, 0.25) is 10.0 Å². The lowest BCUT2D eigenvalue weighted by molar-refractivity contribution is 0.0951. The molecule has 0 spiro atoms. The van der Waals surface area contributed by atoms with Crippen LogP contribution in [0.25, 0.3) is 0 Å². The first-order chi connectivity index (χ1) is 13.1. The van der Waals surface area contributed by atoms with E-state index in [2.05, 4.69) is 18.3 Å². The number of ether oxygens (including phenoxy) is 1. The van der Waals surface area contributed by atoms with Gasteiger partial charge in [-0.05, 0) is 68.1 Å². The number of rotatable bonds is 8. The molecule has 0 unspecified atom stereocenters. The Morgan fingerprint density at radius 2 is 1.82 bits per heavy atom. The molecule has 28 heavy (non-hydrogen) atoms. The highest BCUT2D eigenvalue weighted by Gasteiger charge is 2.18. The van der Waals surface area contributed by atoms with Gasteiger partial charge >= 0.3 is 0 Å². The normalized spacial score (nSPS) is 11.5. The van der Waals surface area contributed by atoms with E-state index in [1.54, 1.807) is 12.1 Å². The molecule has 2 rings (SSSR count). The van der Waals surface area contributed by atoms with Gasteiger partial charge in [0, 0.05) is 26.2 Å². The average molecular weight is 405 g/mol. The van der Waals surface area contributed by atoms with Gasteiger partial charge in [-0.3, -0.25) is 4.79 Å². The Hall–Kier alpha value is -2.38. The lowest BCUT2D eigenvalue weighted by Gasteiger charge is -2.13. The third kappa shape index (κ3) is 5.33. The predicted molar refractivity (Wildman–Crippen MR) is 110 cm³/mol. The van der Waals surface area contributed by atoms with Crippen molar-refractivity contribution in [2.75, 3.05) is 27.2 Å². The Balaban J connectivity index is 1.88. The molecule has 0 aromatic heterocycles. The van der Waals surface area contributed by atoms with Crippen molar-refractivity contribution in [3.8, 4) is 5.75 Å². The molecule has 0 saturated heterocycles. The maximum atomic E-state index is 12.3. The number of benzene rings is 2. The van der Waals surface area contributed by atoms with Gasteiger partial charge in [0.05, 0.1) is 11.5 Å². The number of carbonyl (C=O) groups is 1. The molecule has 0 aliphatic heterocycles. The number of nitrogens with one attached hydrogen (secondary N) is 1. The second-order valence-electron chi connectivity index (χ2n) is 6.98. The highest BCUT2D eigenvalue weighted by Crippen LogP contribution is 2.23. The largest absolute Gasteiger partial charge is 0.493 e. The number of amides is 1. The van der Waals surface area contributed by atoms with Crippen LogP contribution in [0.2, 0.25) is 0 Å². The third-order valence-corrected chi connectivity index (χ3v) is 6.31. The fourth-order valence-electron chi connectivity index (χ4n) is 2.72. The minimum Gasteiger partial charge on any atom is -0.493 e. The zero-order valence-electron chi connectivity index (χ0n) is 17.1. The summed E-state index contributed by atoms with van der Waals surface area (Å²) in [5.74, 6) is 0.559. The summed E-state index contributed by atoms with van der Waals surface area (Å²) in [5.41, 5.74) is 3.78. The smallest absolute Gasteiger partial charge is 0.251 e. The molecule has 0 radical (unpaired) electrons. The standard InChI is InChI=1S/C21H28N2O4S/c1-15-12-16(2)17(3)20(13-15)27-11-7-10-22-21(24)18-8-6-9-19(14-18)28(25,26)23(4)5/h6,8-9,12-14H,7,10-11H2,1-5H3,(H,22,24). The Morgan fingerprint density at radius 1 is 1.11 bits per heavy atom. The first-order valence-electron chi connectivity index (χ1n) is 9.14. The van der Waals surface area contributed by atoms with Crippen LogP contribution < -0.4 is 10.1 Å². The van der Waals surface area contributed by atoms with Crippen LogP contribution in [0.15, 0.2) is 41.3 Å². The zero-order valence-corrected chi connectivity index (χ0v) is 17.9. The van der Waals surface area contributed by atoms with Gasteiger partial charge in [0.15, 0.2) is 0 Å². The second-order valence-corrected chi connectivity index (χ2v) is 9.13. The molecule has 0 atom stereocenters. The first kappa shape index (κ1) is 21.9. The van der Waals surface area contributed by atoms with Crippen LogP contribution in [0.5, 0.6) is 5.75 Å². The van der Waals surface area contributed by atoms with Crippen LogP contribution in [0.1, 0.15) is 33.5 Å². The molecule has 2 aromatic rings. The van der Waals surface area contributed by atoms with Crippen molar-refractivity contribution in [2.24, 2.45) is 0 Å². The molecule has 1 N–H and O–H groups in total. The molecular weight excluding hydrogens is 376 g/mol. The minimum atomic E-state index is -3.57. The summed E-state index contributed by atoms with van der Waals surface area (Å²) in [7, 11) is -0.655. The van der Waals surface area contributed by atoms with E-state index < -0.39 is 10.0 Å². The Bertz CT molecular complexity index is 953. The van der Waals surface area contributed by atoms with Gasteiger partial charge in [0.1, 0.15) is 5.75 Å². The first-order valence-corrected chi connectivity index (χ1v) is 10.6. The van der Waals surface area contributed by atoms with Crippen molar-refractivity contribution in [3.05, 3.63) is 58.7 Å². The quantitative estimate of drug-likeness (QED) is 0.686. The molecule has 0 aliphatic rings. The van der Waals surface area contributed by atoms with Gasteiger partial charge in [-0.25, -0.2) is 12.7 Å². The zero-order chi connectivity index (χ0) is 20.9. The lowest BCUT2D eigenvalue weighted by atomic mass is 10.1. The number of sulfonamides is 1.